The predicted molar refractivity (Wildman–Crippen MR) is 99.4 cm³/mol. The summed E-state index contributed by atoms with van der Waals surface area (Å²) in [7, 11) is 0. The van der Waals surface area contributed by atoms with Gasteiger partial charge in [-0.05, 0) is 12.0 Å². The van der Waals surface area contributed by atoms with Crippen LogP contribution in [0.1, 0.15) is 57.4 Å². The molecule has 0 fully saturated rings. The summed E-state index contributed by atoms with van der Waals surface area (Å²) in [5.74, 6) is 0.639. The second-order valence-electron chi connectivity index (χ2n) is 5.70. The summed E-state index contributed by atoms with van der Waals surface area (Å²) >= 11 is 0. The minimum atomic E-state index is 0.301. The number of aliphatic imine (C=N–C) groups is 2. The first kappa shape index (κ1) is 19.0. The maximum absolute atomic E-state index is 5.80. The number of benzene rings is 1. The molecule has 1 aromatic carbocycles. The molecule has 23 heavy (non-hydrogen) atoms. The minimum Gasteiger partial charge on any atom is -0.370 e. The third-order valence-corrected chi connectivity index (χ3v) is 3.57. The molecule has 5 nitrogen and oxygen atoms in total. The van der Waals surface area contributed by atoms with Crippen molar-refractivity contribution in [3.8, 4) is 0 Å². The van der Waals surface area contributed by atoms with Crippen LogP contribution in [0.3, 0.4) is 0 Å². The molecule has 0 aromatic heterocycles. The highest BCUT2D eigenvalue weighted by Crippen LogP contribution is 2.06. The normalized spacial score (nSPS) is 12.4. The molecule has 0 atom stereocenters. The van der Waals surface area contributed by atoms with E-state index in [4.69, 9.17) is 11.5 Å². The average Bonchev–Trinajstić information content (AvgIpc) is 2.56. The Hall–Kier alpha value is -2.04. The van der Waals surface area contributed by atoms with E-state index in [1.807, 2.05) is 30.3 Å². The Labute approximate surface area is 140 Å². The zero-order valence-electron chi connectivity index (χ0n) is 14.3. The lowest BCUT2D eigenvalue weighted by molar-refractivity contribution is 0.593. The van der Waals surface area contributed by atoms with Crippen LogP contribution in [0.4, 0.5) is 0 Å². The van der Waals surface area contributed by atoms with E-state index >= 15 is 0 Å². The van der Waals surface area contributed by atoms with E-state index in [1.165, 1.54) is 38.5 Å². The van der Waals surface area contributed by atoms with E-state index in [-0.39, 0.29) is 0 Å². The lowest BCUT2D eigenvalue weighted by Gasteiger charge is -2.05. The highest BCUT2D eigenvalue weighted by Gasteiger charge is 1.96. The maximum Gasteiger partial charge on any atom is 0.195 e. The molecule has 5 heteroatoms. The lowest BCUT2D eigenvalue weighted by atomic mass is 10.1. The third kappa shape index (κ3) is 10.3. The molecule has 0 spiro atoms. The van der Waals surface area contributed by atoms with Crippen molar-refractivity contribution in [3.05, 3.63) is 35.9 Å². The zero-order valence-corrected chi connectivity index (χ0v) is 14.3. The van der Waals surface area contributed by atoms with Gasteiger partial charge in [0.25, 0.3) is 0 Å². The lowest BCUT2D eigenvalue weighted by Crippen LogP contribution is -2.41. The first-order valence-electron chi connectivity index (χ1n) is 8.63. The predicted octanol–water partition coefficient (Wildman–Crippen LogP) is 3.16. The van der Waals surface area contributed by atoms with Crippen LogP contribution in [0.5, 0.6) is 0 Å². The first-order valence-corrected chi connectivity index (χ1v) is 8.63. The van der Waals surface area contributed by atoms with Crippen LogP contribution in [0.2, 0.25) is 0 Å². The Kier molecular flexibility index (Phi) is 10.3. The van der Waals surface area contributed by atoms with Crippen molar-refractivity contribution >= 4 is 11.9 Å². The highest BCUT2D eigenvalue weighted by atomic mass is 15.2. The summed E-state index contributed by atoms with van der Waals surface area (Å²) in [5, 5.41) is 2.82. The van der Waals surface area contributed by atoms with Gasteiger partial charge in [0.05, 0.1) is 6.54 Å². The SMILES string of the molecule is CCCCCCCCCN=C(N)NC(N)=NCc1ccccc1. The van der Waals surface area contributed by atoms with Gasteiger partial charge in [-0.1, -0.05) is 75.8 Å². The Morgan fingerprint density at radius 1 is 0.870 bits per heavy atom. The van der Waals surface area contributed by atoms with Crippen LogP contribution in [0.25, 0.3) is 0 Å². The largest absolute Gasteiger partial charge is 0.370 e. The second-order valence-corrected chi connectivity index (χ2v) is 5.70. The molecule has 0 amide bonds. The number of unbranched alkanes of at least 4 members (excludes halogenated alkanes) is 6. The van der Waals surface area contributed by atoms with Crippen molar-refractivity contribution in [2.75, 3.05) is 6.54 Å². The summed E-state index contributed by atoms with van der Waals surface area (Å²) < 4.78 is 0. The quantitative estimate of drug-likeness (QED) is 0.352. The van der Waals surface area contributed by atoms with Crippen LogP contribution >= 0.6 is 0 Å². The van der Waals surface area contributed by atoms with Crippen molar-refractivity contribution in [2.45, 2.75) is 58.4 Å². The summed E-state index contributed by atoms with van der Waals surface area (Å²) in [6.07, 6.45) is 8.86. The van der Waals surface area contributed by atoms with Crippen LogP contribution in [0, 0.1) is 0 Å². The van der Waals surface area contributed by atoms with Gasteiger partial charge in [-0.3, -0.25) is 10.3 Å². The molecule has 0 bridgehead atoms. The Bertz CT molecular complexity index is 468. The molecule has 0 saturated carbocycles. The summed E-state index contributed by atoms with van der Waals surface area (Å²) in [6.45, 7) is 3.50. The van der Waals surface area contributed by atoms with Gasteiger partial charge in [0.2, 0.25) is 0 Å². The topological polar surface area (TPSA) is 88.8 Å². The smallest absolute Gasteiger partial charge is 0.195 e. The first-order chi connectivity index (χ1) is 11.2. The second kappa shape index (κ2) is 12.5. The van der Waals surface area contributed by atoms with E-state index in [1.54, 1.807) is 0 Å². The van der Waals surface area contributed by atoms with Crippen LogP contribution in [0.15, 0.2) is 40.3 Å². The molecular formula is C18H31N5. The summed E-state index contributed by atoms with van der Waals surface area (Å²) in [4.78, 5) is 8.52. The number of rotatable bonds is 10. The van der Waals surface area contributed by atoms with Crippen molar-refractivity contribution in [1.29, 1.82) is 0 Å². The van der Waals surface area contributed by atoms with Crippen molar-refractivity contribution in [2.24, 2.45) is 21.5 Å². The fourth-order valence-electron chi connectivity index (χ4n) is 2.24. The Morgan fingerprint density at radius 2 is 1.48 bits per heavy atom. The monoisotopic (exact) mass is 317 g/mol. The van der Waals surface area contributed by atoms with Gasteiger partial charge in [-0.25, -0.2) is 4.99 Å². The van der Waals surface area contributed by atoms with Crippen molar-refractivity contribution in [3.63, 3.8) is 0 Å². The zero-order chi connectivity index (χ0) is 16.8. The average molecular weight is 317 g/mol. The number of guanidine groups is 2. The Morgan fingerprint density at radius 3 is 2.17 bits per heavy atom. The molecule has 128 valence electrons. The molecular weight excluding hydrogens is 286 g/mol. The van der Waals surface area contributed by atoms with Crippen molar-refractivity contribution in [1.82, 2.24) is 5.32 Å². The Balaban J connectivity index is 2.15. The van der Waals surface area contributed by atoms with E-state index in [0.717, 1.165) is 18.5 Å². The van der Waals surface area contributed by atoms with Gasteiger partial charge in [0, 0.05) is 6.54 Å². The fourth-order valence-corrected chi connectivity index (χ4v) is 2.24. The van der Waals surface area contributed by atoms with Gasteiger partial charge < -0.3 is 11.5 Å². The van der Waals surface area contributed by atoms with Gasteiger partial charge in [-0.15, -0.1) is 0 Å². The number of nitrogens with zero attached hydrogens (tertiary/aromatic N) is 2. The van der Waals surface area contributed by atoms with E-state index in [0.29, 0.717) is 18.5 Å². The third-order valence-electron chi connectivity index (χ3n) is 3.57. The molecule has 0 aliphatic rings. The molecule has 5 N–H and O–H groups in total. The van der Waals surface area contributed by atoms with E-state index in [2.05, 4.69) is 22.2 Å². The van der Waals surface area contributed by atoms with Gasteiger partial charge in [-0.2, -0.15) is 0 Å². The highest BCUT2D eigenvalue weighted by molar-refractivity contribution is 5.96. The van der Waals surface area contributed by atoms with Gasteiger partial charge in [0.15, 0.2) is 11.9 Å². The summed E-state index contributed by atoms with van der Waals surface area (Å²) in [6, 6.07) is 9.95. The van der Waals surface area contributed by atoms with E-state index in [9.17, 15) is 0 Å². The standard InChI is InChI=1S/C18H31N5/c1-2-3-4-5-6-7-11-14-21-17(19)23-18(20)22-15-16-12-9-8-10-13-16/h8-10,12-13H,2-7,11,14-15H2,1H3,(H5,19,20,21,22,23). The van der Waals surface area contributed by atoms with Crippen LogP contribution < -0.4 is 16.8 Å². The molecule has 0 saturated heterocycles. The maximum atomic E-state index is 5.80. The van der Waals surface area contributed by atoms with Crippen molar-refractivity contribution < 1.29 is 0 Å². The molecule has 0 aliphatic carbocycles. The minimum absolute atomic E-state index is 0.301. The molecule has 0 unspecified atom stereocenters. The number of nitrogens with one attached hydrogen (secondary N) is 1. The molecule has 1 aromatic rings. The number of hydrogen-bond donors (Lipinski definition) is 3. The van der Waals surface area contributed by atoms with Gasteiger partial charge in [0.1, 0.15) is 0 Å². The molecule has 0 heterocycles. The molecule has 0 radical (unpaired) electrons. The molecule has 0 aliphatic heterocycles. The van der Waals surface area contributed by atoms with Crippen LogP contribution in [-0.2, 0) is 6.54 Å². The van der Waals surface area contributed by atoms with Crippen LogP contribution in [-0.4, -0.2) is 18.5 Å². The van der Waals surface area contributed by atoms with E-state index < -0.39 is 0 Å². The van der Waals surface area contributed by atoms with Gasteiger partial charge >= 0.3 is 0 Å². The summed E-state index contributed by atoms with van der Waals surface area (Å²) in [5.41, 5.74) is 12.7. The number of nitrogens with two attached hydrogens (primary N) is 2. The number of hydrogen-bond acceptors (Lipinski definition) is 2. The molecule has 1 rings (SSSR count). The fraction of sp³-hybridized carbons (Fsp3) is 0.556.